The first-order valence-corrected chi connectivity index (χ1v) is 7.09. The van der Waals surface area contributed by atoms with Crippen molar-refractivity contribution in [1.29, 1.82) is 0 Å². The predicted molar refractivity (Wildman–Crippen MR) is 80.5 cm³/mol. The molecule has 0 fully saturated rings. The molecule has 0 spiro atoms. The largest absolute Gasteiger partial charge is 0.294 e. The average Bonchev–Trinajstić information content (AvgIpc) is 2.41. The van der Waals surface area contributed by atoms with Crippen molar-refractivity contribution in [2.45, 2.75) is 26.2 Å². The molecule has 0 saturated carbocycles. The van der Waals surface area contributed by atoms with Gasteiger partial charge in [-0.3, -0.25) is 9.78 Å². The van der Waals surface area contributed by atoms with E-state index in [0.29, 0.717) is 12.3 Å². The molecule has 19 heavy (non-hydrogen) atoms. The number of hydrogen-bond donors (Lipinski definition) is 0. The second kappa shape index (κ2) is 6.11. The predicted octanol–water partition coefficient (Wildman–Crippen LogP) is 4.39. The molecule has 1 aromatic heterocycles. The highest BCUT2D eigenvalue weighted by Crippen LogP contribution is 2.16. The number of aromatic nitrogens is 1. The maximum atomic E-state index is 12.1. The summed E-state index contributed by atoms with van der Waals surface area (Å²) in [5.41, 5.74) is 2.79. The Kier molecular flexibility index (Phi) is 4.48. The molecule has 0 unspecified atom stereocenters. The van der Waals surface area contributed by atoms with Gasteiger partial charge in [-0.25, -0.2) is 0 Å². The van der Waals surface area contributed by atoms with Gasteiger partial charge in [-0.15, -0.1) is 0 Å². The minimum atomic E-state index is 0.102. The number of rotatable bonds is 4. The monoisotopic (exact) mass is 317 g/mol. The third kappa shape index (κ3) is 3.74. The molecular weight excluding hydrogens is 302 g/mol. The van der Waals surface area contributed by atoms with E-state index in [2.05, 4.69) is 34.8 Å². The Balaban J connectivity index is 2.09. The second-order valence-corrected chi connectivity index (χ2v) is 5.76. The van der Waals surface area contributed by atoms with E-state index in [1.165, 1.54) is 5.56 Å². The molecule has 0 aliphatic carbocycles. The smallest absolute Gasteiger partial charge is 0.168 e. The van der Waals surface area contributed by atoms with Gasteiger partial charge in [0, 0.05) is 21.9 Å². The van der Waals surface area contributed by atoms with Crippen molar-refractivity contribution >= 4 is 21.7 Å². The maximum absolute atomic E-state index is 12.1. The molecule has 0 N–H and O–H groups in total. The molecule has 0 aliphatic heterocycles. The summed E-state index contributed by atoms with van der Waals surface area (Å²) in [7, 11) is 0. The summed E-state index contributed by atoms with van der Waals surface area (Å²) in [5.74, 6) is 0.586. The number of benzene rings is 1. The van der Waals surface area contributed by atoms with Gasteiger partial charge < -0.3 is 0 Å². The van der Waals surface area contributed by atoms with Crippen LogP contribution in [0.1, 0.15) is 41.4 Å². The molecule has 0 atom stereocenters. The van der Waals surface area contributed by atoms with Gasteiger partial charge in [0.25, 0.3) is 0 Å². The van der Waals surface area contributed by atoms with Crippen molar-refractivity contribution < 1.29 is 4.79 Å². The SMILES string of the molecule is CC(C)c1ccc(C(=O)Cc2ccc(Br)cn2)cc1. The van der Waals surface area contributed by atoms with Crippen molar-refractivity contribution in [3.8, 4) is 0 Å². The van der Waals surface area contributed by atoms with Crippen LogP contribution < -0.4 is 0 Å². The minimum absolute atomic E-state index is 0.102. The van der Waals surface area contributed by atoms with Crippen molar-refractivity contribution in [2.75, 3.05) is 0 Å². The summed E-state index contributed by atoms with van der Waals surface area (Å²) < 4.78 is 0.921. The molecule has 0 amide bonds. The lowest BCUT2D eigenvalue weighted by molar-refractivity contribution is 0.0992. The Morgan fingerprint density at radius 1 is 1.16 bits per heavy atom. The Morgan fingerprint density at radius 3 is 2.37 bits per heavy atom. The Morgan fingerprint density at radius 2 is 1.84 bits per heavy atom. The summed E-state index contributed by atoms with van der Waals surface area (Å²) >= 11 is 3.33. The third-order valence-electron chi connectivity index (χ3n) is 3.03. The average molecular weight is 318 g/mol. The minimum Gasteiger partial charge on any atom is -0.294 e. The van der Waals surface area contributed by atoms with Crippen molar-refractivity contribution in [1.82, 2.24) is 4.98 Å². The standard InChI is InChI=1S/C16H16BrNO/c1-11(2)12-3-5-13(6-4-12)16(19)9-15-8-7-14(17)10-18-15/h3-8,10-11H,9H2,1-2H3. The Hall–Kier alpha value is -1.48. The van der Waals surface area contributed by atoms with Crippen LogP contribution in [0.4, 0.5) is 0 Å². The van der Waals surface area contributed by atoms with Gasteiger partial charge in [-0.2, -0.15) is 0 Å². The Labute approximate surface area is 122 Å². The number of pyridine rings is 1. The zero-order valence-corrected chi connectivity index (χ0v) is 12.6. The van der Waals surface area contributed by atoms with E-state index in [1.54, 1.807) is 6.20 Å². The number of nitrogens with zero attached hydrogens (tertiary/aromatic N) is 1. The first kappa shape index (κ1) is 13.9. The third-order valence-corrected chi connectivity index (χ3v) is 3.50. The molecule has 3 heteroatoms. The molecule has 1 heterocycles. The summed E-state index contributed by atoms with van der Waals surface area (Å²) in [6.07, 6.45) is 2.05. The molecule has 0 bridgehead atoms. The molecule has 0 aliphatic rings. The summed E-state index contributed by atoms with van der Waals surface area (Å²) in [5, 5.41) is 0. The van der Waals surface area contributed by atoms with Crippen molar-refractivity contribution in [3.63, 3.8) is 0 Å². The lowest BCUT2D eigenvalue weighted by Crippen LogP contribution is -2.05. The van der Waals surface area contributed by atoms with E-state index >= 15 is 0 Å². The van der Waals surface area contributed by atoms with Gasteiger partial charge in [-0.05, 0) is 39.5 Å². The normalized spacial score (nSPS) is 10.7. The summed E-state index contributed by atoms with van der Waals surface area (Å²) in [6, 6.07) is 11.6. The van der Waals surface area contributed by atoms with Crippen molar-refractivity contribution in [2.24, 2.45) is 0 Å². The molecule has 98 valence electrons. The van der Waals surface area contributed by atoms with Crippen molar-refractivity contribution in [3.05, 3.63) is 63.9 Å². The quantitative estimate of drug-likeness (QED) is 0.783. The Bertz CT molecular complexity index is 558. The van der Waals surface area contributed by atoms with Crippen LogP contribution in [-0.4, -0.2) is 10.8 Å². The van der Waals surface area contributed by atoms with E-state index < -0.39 is 0 Å². The van der Waals surface area contributed by atoms with E-state index in [0.717, 1.165) is 15.7 Å². The van der Waals surface area contributed by atoms with Gasteiger partial charge >= 0.3 is 0 Å². The fourth-order valence-electron chi connectivity index (χ4n) is 1.83. The molecular formula is C16H16BrNO. The highest BCUT2D eigenvalue weighted by atomic mass is 79.9. The lowest BCUT2D eigenvalue weighted by Gasteiger charge is -2.06. The van der Waals surface area contributed by atoms with Gasteiger partial charge in [0.2, 0.25) is 0 Å². The van der Waals surface area contributed by atoms with Crippen LogP contribution in [0.3, 0.4) is 0 Å². The molecule has 2 aromatic rings. The van der Waals surface area contributed by atoms with Crippen LogP contribution in [-0.2, 0) is 6.42 Å². The first-order valence-electron chi connectivity index (χ1n) is 6.30. The molecule has 0 radical (unpaired) electrons. The molecule has 2 nitrogen and oxygen atoms in total. The van der Waals surface area contributed by atoms with E-state index in [4.69, 9.17) is 0 Å². The lowest BCUT2D eigenvalue weighted by atomic mass is 9.99. The number of carbonyl (C=O) groups excluding carboxylic acids is 1. The molecule has 0 saturated heterocycles. The summed E-state index contributed by atoms with van der Waals surface area (Å²) in [6.45, 7) is 4.28. The summed E-state index contributed by atoms with van der Waals surface area (Å²) in [4.78, 5) is 16.4. The first-order chi connectivity index (χ1) is 9.06. The van der Waals surface area contributed by atoms with Crippen LogP contribution in [0.2, 0.25) is 0 Å². The van der Waals surface area contributed by atoms with Crippen LogP contribution in [0.15, 0.2) is 47.1 Å². The number of hydrogen-bond acceptors (Lipinski definition) is 2. The van der Waals surface area contributed by atoms with E-state index in [9.17, 15) is 4.79 Å². The molecule has 1 aromatic carbocycles. The zero-order valence-electron chi connectivity index (χ0n) is 11.1. The topological polar surface area (TPSA) is 30.0 Å². The van der Waals surface area contributed by atoms with Gasteiger partial charge in [-0.1, -0.05) is 38.1 Å². The van der Waals surface area contributed by atoms with Crippen LogP contribution in [0.25, 0.3) is 0 Å². The van der Waals surface area contributed by atoms with Gasteiger partial charge in [0.1, 0.15) is 0 Å². The van der Waals surface area contributed by atoms with Crippen LogP contribution in [0.5, 0.6) is 0 Å². The zero-order chi connectivity index (χ0) is 13.8. The second-order valence-electron chi connectivity index (χ2n) is 4.84. The van der Waals surface area contributed by atoms with E-state index in [-0.39, 0.29) is 5.78 Å². The fraction of sp³-hybridized carbons (Fsp3) is 0.250. The van der Waals surface area contributed by atoms with Crippen LogP contribution >= 0.6 is 15.9 Å². The number of halogens is 1. The fourth-order valence-corrected chi connectivity index (χ4v) is 2.07. The van der Waals surface area contributed by atoms with E-state index in [1.807, 2.05) is 36.4 Å². The number of carbonyl (C=O) groups is 1. The molecule has 2 rings (SSSR count). The number of ketones is 1. The van der Waals surface area contributed by atoms with Crippen LogP contribution in [0, 0.1) is 0 Å². The highest BCUT2D eigenvalue weighted by Gasteiger charge is 2.08. The van der Waals surface area contributed by atoms with Gasteiger partial charge in [0.15, 0.2) is 5.78 Å². The van der Waals surface area contributed by atoms with Gasteiger partial charge in [0.05, 0.1) is 6.42 Å². The highest BCUT2D eigenvalue weighted by molar-refractivity contribution is 9.10. The maximum Gasteiger partial charge on any atom is 0.168 e. The number of Topliss-reactive ketones (excluding diaryl/α,β-unsaturated/α-hetero) is 1.